The second kappa shape index (κ2) is 8.83. The molecule has 0 aliphatic rings. The molecule has 0 spiro atoms. The number of carbonyl (C=O) groups excluding carboxylic acids is 1. The monoisotopic (exact) mass is 445 g/mol. The molecule has 30 heavy (non-hydrogen) atoms. The maximum Gasteiger partial charge on any atom is 0.260 e. The van der Waals surface area contributed by atoms with Crippen molar-refractivity contribution in [3.8, 4) is 0 Å². The molecule has 0 aliphatic heterocycles. The summed E-state index contributed by atoms with van der Waals surface area (Å²) < 4.78 is 24.9. The van der Waals surface area contributed by atoms with E-state index < -0.39 is 9.84 Å². The van der Waals surface area contributed by atoms with Gasteiger partial charge in [0.05, 0.1) is 15.1 Å². The lowest BCUT2D eigenvalue weighted by Crippen LogP contribution is -2.33. The third-order valence-electron chi connectivity index (χ3n) is 5.05. The highest BCUT2D eigenvalue weighted by Gasteiger charge is 2.23. The van der Waals surface area contributed by atoms with Gasteiger partial charge in [0.15, 0.2) is 15.0 Å². The summed E-state index contributed by atoms with van der Waals surface area (Å²) in [6, 6.07) is 10.3. The van der Waals surface area contributed by atoms with Crippen molar-refractivity contribution in [3.63, 3.8) is 0 Å². The van der Waals surface area contributed by atoms with E-state index in [0.29, 0.717) is 17.2 Å². The van der Waals surface area contributed by atoms with Crippen molar-refractivity contribution in [2.24, 2.45) is 0 Å². The Kier molecular flexibility index (Phi) is 6.59. The average Bonchev–Trinajstić information content (AvgIpc) is 3.11. The Balaban J connectivity index is 2.03. The van der Waals surface area contributed by atoms with Crippen molar-refractivity contribution < 1.29 is 13.2 Å². The molecule has 0 unspecified atom stereocenters. The Morgan fingerprint density at radius 2 is 1.83 bits per heavy atom. The van der Waals surface area contributed by atoms with Crippen molar-refractivity contribution in [1.82, 2.24) is 9.88 Å². The van der Waals surface area contributed by atoms with Crippen molar-refractivity contribution in [2.45, 2.75) is 25.2 Å². The lowest BCUT2D eigenvalue weighted by atomic mass is 10.1. The van der Waals surface area contributed by atoms with E-state index in [9.17, 15) is 13.2 Å². The third kappa shape index (κ3) is 4.88. The fourth-order valence-electron chi connectivity index (χ4n) is 3.17. The van der Waals surface area contributed by atoms with E-state index in [1.807, 2.05) is 34.0 Å². The van der Waals surface area contributed by atoms with Crippen LogP contribution in [0.2, 0.25) is 0 Å². The van der Waals surface area contributed by atoms with Gasteiger partial charge in [0.2, 0.25) is 0 Å². The summed E-state index contributed by atoms with van der Waals surface area (Å²) >= 11 is 1.48. The van der Waals surface area contributed by atoms with Gasteiger partial charge in [-0.15, -0.1) is 0 Å². The molecule has 3 rings (SSSR count). The molecular weight excluding hydrogens is 418 g/mol. The maximum atomic E-state index is 13.4. The van der Waals surface area contributed by atoms with Crippen LogP contribution in [-0.2, 0) is 9.84 Å². The zero-order valence-electron chi connectivity index (χ0n) is 18.0. The zero-order valence-corrected chi connectivity index (χ0v) is 19.6. The van der Waals surface area contributed by atoms with Gasteiger partial charge in [-0.3, -0.25) is 9.69 Å². The average molecular weight is 446 g/mol. The topological polar surface area (TPSA) is 70.6 Å². The number of anilines is 1. The van der Waals surface area contributed by atoms with E-state index in [4.69, 9.17) is 4.98 Å². The molecule has 0 bridgehead atoms. The normalized spacial score (nSPS) is 11.9. The molecule has 3 aromatic rings. The highest BCUT2D eigenvalue weighted by molar-refractivity contribution is 7.90. The minimum atomic E-state index is -3.40. The van der Waals surface area contributed by atoms with E-state index in [1.165, 1.54) is 23.5 Å². The molecule has 160 valence electrons. The Morgan fingerprint density at radius 1 is 1.10 bits per heavy atom. The Morgan fingerprint density at radius 3 is 2.50 bits per heavy atom. The molecule has 0 fully saturated rings. The van der Waals surface area contributed by atoms with Crippen molar-refractivity contribution in [1.29, 1.82) is 0 Å². The lowest BCUT2D eigenvalue weighted by Gasteiger charge is -2.21. The molecule has 0 saturated carbocycles. The van der Waals surface area contributed by atoms with Gasteiger partial charge in [-0.1, -0.05) is 23.5 Å². The van der Waals surface area contributed by atoms with Gasteiger partial charge in [-0.2, -0.15) is 0 Å². The summed E-state index contributed by atoms with van der Waals surface area (Å²) in [5.74, 6) is -0.243. The summed E-state index contributed by atoms with van der Waals surface area (Å²) in [5, 5.41) is 0.632. The number of fused-ring (bicyclic) bond motifs is 1. The molecule has 0 radical (unpaired) electrons. The van der Waals surface area contributed by atoms with Crippen molar-refractivity contribution >= 4 is 42.4 Å². The van der Waals surface area contributed by atoms with Crippen LogP contribution in [0.1, 0.15) is 27.9 Å². The third-order valence-corrected chi connectivity index (χ3v) is 7.20. The van der Waals surface area contributed by atoms with Gasteiger partial charge in [0, 0.05) is 18.4 Å². The van der Waals surface area contributed by atoms with Gasteiger partial charge in [-0.05, 0) is 76.3 Å². The van der Waals surface area contributed by atoms with Gasteiger partial charge in [-0.25, -0.2) is 13.4 Å². The van der Waals surface area contributed by atoms with Crippen LogP contribution < -0.4 is 4.90 Å². The number of nitrogens with zero attached hydrogens (tertiary/aromatic N) is 3. The van der Waals surface area contributed by atoms with Gasteiger partial charge in [0.25, 0.3) is 5.91 Å². The number of carbonyl (C=O) groups is 1. The fraction of sp³-hybridized carbons (Fsp3) is 0.364. The van der Waals surface area contributed by atoms with Crippen LogP contribution in [0, 0.1) is 13.8 Å². The van der Waals surface area contributed by atoms with Gasteiger partial charge >= 0.3 is 0 Å². The van der Waals surface area contributed by atoms with Crippen LogP contribution >= 0.6 is 11.3 Å². The first-order valence-corrected chi connectivity index (χ1v) is 12.4. The predicted octanol–water partition coefficient (Wildman–Crippen LogP) is 3.92. The zero-order chi connectivity index (χ0) is 22.1. The first-order chi connectivity index (χ1) is 14.1. The van der Waals surface area contributed by atoms with Crippen LogP contribution in [0.3, 0.4) is 0 Å². The summed E-state index contributed by atoms with van der Waals surface area (Å²) in [6.45, 7) is 5.41. The Bertz CT molecular complexity index is 1180. The Labute approximate surface area is 182 Å². The smallest absolute Gasteiger partial charge is 0.260 e. The SMILES string of the molecule is Cc1ccc2sc(N(CCCN(C)C)C(=O)c3cccc(S(C)(=O)=O)c3)nc2c1C. The number of hydrogen-bond acceptors (Lipinski definition) is 6. The molecule has 0 N–H and O–H groups in total. The fourth-order valence-corrected chi connectivity index (χ4v) is 4.89. The quantitative estimate of drug-likeness (QED) is 0.551. The van der Waals surface area contributed by atoms with Crippen LogP contribution in [-0.4, -0.2) is 57.6 Å². The van der Waals surface area contributed by atoms with Crippen LogP contribution in [0.4, 0.5) is 5.13 Å². The van der Waals surface area contributed by atoms with E-state index >= 15 is 0 Å². The molecule has 1 heterocycles. The predicted molar refractivity (Wildman–Crippen MR) is 123 cm³/mol. The maximum absolute atomic E-state index is 13.4. The summed E-state index contributed by atoms with van der Waals surface area (Å²) in [5.41, 5.74) is 3.51. The second-order valence-corrected chi connectivity index (χ2v) is 10.8. The molecule has 1 amide bonds. The van der Waals surface area contributed by atoms with E-state index in [-0.39, 0.29) is 10.8 Å². The number of rotatable bonds is 7. The van der Waals surface area contributed by atoms with E-state index in [1.54, 1.807) is 17.0 Å². The molecular formula is C22H27N3O3S2. The molecule has 0 saturated heterocycles. The highest BCUT2D eigenvalue weighted by Crippen LogP contribution is 2.33. The summed E-state index contributed by atoms with van der Waals surface area (Å²) in [7, 11) is 0.585. The lowest BCUT2D eigenvalue weighted by molar-refractivity contribution is 0.0986. The van der Waals surface area contributed by atoms with Crippen molar-refractivity contribution in [3.05, 3.63) is 53.1 Å². The van der Waals surface area contributed by atoms with Crippen LogP contribution in [0.5, 0.6) is 0 Å². The number of sulfone groups is 1. The van der Waals surface area contributed by atoms with E-state index in [0.717, 1.165) is 40.6 Å². The largest absolute Gasteiger partial charge is 0.309 e. The van der Waals surface area contributed by atoms with Crippen LogP contribution in [0.15, 0.2) is 41.3 Å². The summed E-state index contributed by atoms with van der Waals surface area (Å²) in [4.78, 5) is 22.1. The number of amides is 1. The number of aromatic nitrogens is 1. The minimum Gasteiger partial charge on any atom is -0.309 e. The first kappa shape index (κ1) is 22.4. The van der Waals surface area contributed by atoms with Gasteiger partial charge < -0.3 is 4.90 Å². The number of benzene rings is 2. The second-order valence-electron chi connectivity index (χ2n) is 7.76. The molecule has 8 heteroatoms. The highest BCUT2D eigenvalue weighted by atomic mass is 32.2. The first-order valence-electron chi connectivity index (χ1n) is 9.71. The standard InChI is InChI=1S/C22H27N3O3S2/c1-15-10-11-19-20(16(15)2)23-22(29-19)25(13-7-12-24(3)4)21(26)17-8-6-9-18(14-17)30(5,27)28/h6,8-11,14H,7,12-13H2,1-5H3. The molecule has 0 atom stereocenters. The summed E-state index contributed by atoms with van der Waals surface area (Å²) in [6.07, 6.45) is 1.92. The van der Waals surface area contributed by atoms with E-state index in [2.05, 4.69) is 11.0 Å². The molecule has 0 aliphatic carbocycles. The molecule has 6 nitrogen and oxygen atoms in total. The molecule has 1 aromatic heterocycles. The van der Waals surface area contributed by atoms with Crippen molar-refractivity contribution in [2.75, 3.05) is 38.3 Å². The Hall–Kier alpha value is -2.29. The van der Waals surface area contributed by atoms with Crippen LogP contribution in [0.25, 0.3) is 10.2 Å². The van der Waals surface area contributed by atoms with Gasteiger partial charge in [0.1, 0.15) is 0 Å². The molecule has 2 aromatic carbocycles. The number of thiazole rings is 1. The number of hydrogen-bond donors (Lipinski definition) is 0. The minimum absolute atomic E-state index is 0.136. The number of aryl methyl sites for hydroxylation is 2.